The summed E-state index contributed by atoms with van der Waals surface area (Å²) < 4.78 is 59.0. The van der Waals surface area contributed by atoms with E-state index in [1.54, 1.807) is 13.0 Å². The number of carbonyl (C=O) groups is 1. The minimum absolute atomic E-state index is 0.0570. The number of anilines is 1. The second kappa shape index (κ2) is 7.87. The molecular weight excluding hydrogens is 342 g/mol. The van der Waals surface area contributed by atoms with Crippen LogP contribution in [0.4, 0.5) is 23.2 Å². The predicted molar refractivity (Wildman–Crippen MR) is 82.9 cm³/mol. The molecule has 0 aliphatic heterocycles. The lowest BCUT2D eigenvalue weighted by atomic mass is 10.2. The van der Waals surface area contributed by atoms with E-state index in [2.05, 4.69) is 10.1 Å². The second-order valence-electron chi connectivity index (χ2n) is 5.01. The van der Waals surface area contributed by atoms with Gasteiger partial charge in [0.25, 0.3) is 5.91 Å². The van der Waals surface area contributed by atoms with Crippen LogP contribution in [0.5, 0.6) is 11.5 Å². The number of rotatable bonds is 6. The maximum absolute atomic E-state index is 13.6. The van der Waals surface area contributed by atoms with Crippen LogP contribution in [-0.2, 0) is 4.79 Å². The van der Waals surface area contributed by atoms with Crippen molar-refractivity contribution in [2.45, 2.75) is 25.8 Å². The summed E-state index contributed by atoms with van der Waals surface area (Å²) in [5, 5.41) is 2.50. The fourth-order valence-corrected chi connectivity index (χ4v) is 1.98. The second-order valence-corrected chi connectivity index (χ2v) is 5.01. The fourth-order valence-electron chi connectivity index (χ4n) is 1.98. The van der Waals surface area contributed by atoms with Crippen molar-refractivity contribution >= 4 is 11.6 Å². The Labute approximate surface area is 141 Å². The molecule has 2 rings (SSSR count). The number of halogens is 4. The number of alkyl halides is 3. The van der Waals surface area contributed by atoms with Crippen molar-refractivity contribution in [1.29, 1.82) is 0 Å². The lowest BCUT2D eigenvalue weighted by Gasteiger charge is -2.18. The maximum atomic E-state index is 13.6. The molecule has 0 aromatic heterocycles. The van der Waals surface area contributed by atoms with Gasteiger partial charge in [-0.15, -0.1) is 13.2 Å². The van der Waals surface area contributed by atoms with E-state index in [1.165, 1.54) is 30.3 Å². The summed E-state index contributed by atoms with van der Waals surface area (Å²) in [5.74, 6) is -1.60. The molecule has 2 aromatic rings. The Morgan fingerprint density at radius 1 is 1.12 bits per heavy atom. The van der Waals surface area contributed by atoms with Crippen LogP contribution in [-0.4, -0.2) is 18.4 Å². The SMILES string of the molecule is CC[C@H](Oc1ccccc1F)C(=O)Nc1ccc(OC(F)(F)F)cc1. The zero-order valence-electron chi connectivity index (χ0n) is 13.1. The summed E-state index contributed by atoms with van der Waals surface area (Å²) in [6.07, 6.45) is -5.47. The normalized spacial score (nSPS) is 12.4. The molecule has 0 unspecified atom stereocenters. The summed E-state index contributed by atoms with van der Waals surface area (Å²) in [6.45, 7) is 1.69. The Kier molecular flexibility index (Phi) is 5.84. The summed E-state index contributed by atoms with van der Waals surface area (Å²) >= 11 is 0. The zero-order chi connectivity index (χ0) is 18.4. The first-order valence-electron chi connectivity index (χ1n) is 7.36. The minimum Gasteiger partial charge on any atom is -0.478 e. The van der Waals surface area contributed by atoms with Crippen molar-refractivity contribution in [1.82, 2.24) is 0 Å². The van der Waals surface area contributed by atoms with E-state index < -0.39 is 29.9 Å². The van der Waals surface area contributed by atoms with Crippen molar-refractivity contribution in [3.05, 3.63) is 54.3 Å². The van der Waals surface area contributed by atoms with Crippen molar-refractivity contribution in [2.24, 2.45) is 0 Å². The van der Waals surface area contributed by atoms with Gasteiger partial charge in [0.1, 0.15) is 5.75 Å². The average molecular weight is 357 g/mol. The molecule has 0 heterocycles. The monoisotopic (exact) mass is 357 g/mol. The molecule has 1 N–H and O–H groups in total. The van der Waals surface area contributed by atoms with Crippen LogP contribution in [0.2, 0.25) is 0 Å². The Morgan fingerprint density at radius 2 is 1.76 bits per heavy atom. The first kappa shape index (κ1) is 18.6. The van der Waals surface area contributed by atoms with Gasteiger partial charge in [-0.3, -0.25) is 4.79 Å². The lowest BCUT2D eigenvalue weighted by molar-refractivity contribution is -0.274. The quantitative estimate of drug-likeness (QED) is 0.774. The van der Waals surface area contributed by atoms with Crippen molar-refractivity contribution < 1.29 is 31.8 Å². The number of para-hydroxylation sites is 1. The molecule has 4 nitrogen and oxygen atoms in total. The van der Waals surface area contributed by atoms with Crippen LogP contribution >= 0.6 is 0 Å². The van der Waals surface area contributed by atoms with Crippen LogP contribution in [0.1, 0.15) is 13.3 Å². The third kappa shape index (κ3) is 5.66. The predicted octanol–water partition coefficient (Wildman–Crippen LogP) is 4.52. The van der Waals surface area contributed by atoms with Gasteiger partial charge in [0.2, 0.25) is 0 Å². The molecule has 2 aromatic carbocycles. The van der Waals surface area contributed by atoms with Crippen LogP contribution in [0.15, 0.2) is 48.5 Å². The van der Waals surface area contributed by atoms with Crippen molar-refractivity contribution in [2.75, 3.05) is 5.32 Å². The van der Waals surface area contributed by atoms with E-state index >= 15 is 0 Å². The zero-order valence-corrected chi connectivity index (χ0v) is 13.1. The Hall–Kier alpha value is -2.77. The van der Waals surface area contributed by atoms with E-state index in [-0.39, 0.29) is 17.9 Å². The lowest BCUT2D eigenvalue weighted by Crippen LogP contribution is -2.32. The number of hydrogen-bond acceptors (Lipinski definition) is 3. The number of benzene rings is 2. The topological polar surface area (TPSA) is 47.6 Å². The molecule has 1 atom stereocenters. The molecule has 0 aliphatic rings. The van der Waals surface area contributed by atoms with Crippen molar-refractivity contribution in [3.63, 3.8) is 0 Å². The van der Waals surface area contributed by atoms with Gasteiger partial charge < -0.3 is 14.8 Å². The standard InChI is InChI=1S/C17H15F4NO3/c1-2-14(24-15-6-4-3-5-13(15)18)16(23)22-11-7-9-12(10-8-11)25-17(19,20)21/h3-10,14H,2H2,1H3,(H,22,23)/t14-/m0/s1. The van der Waals surface area contributed by atoms with Crippen LogP contribution < -0.4 is 14.8 Å². The number of nitrogens with one attached hydrogen (secondary N) is 1. The molecule has 0 saturated heterocycles. The molecule has 0 bridgehead atoms. The van der Waals surface area contributed by atoms with Gasteiger partial charge in [-0.2, -0.15) is 0 Å². The third-order valence-corrected chi connectivity index (χ3v) is 3.12. The highest BCUT2D eigenvalue weighted by atomic mass is 19.4. The van der Waals surface area contributed by atoms with Crippen LogP contribution in [0.3, 0.4) is 0 Å². The fraction of sp³-hybridized carbons (Fsp3) is 0.235. The molecule has 134 valence electrons. The first-order chi connectivity index (χ1) is 11.8. The molecule has 0 spiro atoms. The summed E-state index contributed by atoms with van der Waals surface area (Å²) in [5.41, 5.74) is 0.259. The van der Waals surface area contributed by atoms with Gasteiger partial charge in [0.05, 0.1) is 0 Å². The highest BCUT2D eigenvalue weighted by Gasteiger charge is 2.31. The van der Waals surface area contributed by atoms with Crippen molar-refractivity contribution in [3.8, 4) is 11.5 Å². The van der Waals surface area contributed by atoms with Gasteiger partial charge in [0.15, 0.2) is 17.7 Å². The van der Waals surface area contributed by atoms with E-state index in [0.717, 1.165) is 12.1 Å². The third-order valence-electron chi connectivity index (χ3n) is 3.12. The Bertz CT molecular complexity index is 717. The number of carbonyl (C=O) groups excluding carboxylic acids is 1. The van der Waals surface area contributed by atoms with E-state index in [0.29, 0.717) is 0 Å². The largest absolute Gasteiger partial charge is 0.573 e. The number of amides is 1. The van der Waals surface area contributed by atoms with E-state index in [1.807, 2.05) is 0 Å². The summed E-state index contributed by atoms with van der Waals surface area (Å²) in [4.78, 5) is 12.2. The average Bonchev–Trinajstić information content (AvgIpc) is 2.54. The molecule has 8 heteroatoms. The Morgan fingerprint density at radius 3 is 2.32 bits per heavy atom. The number of hydrogen-bond donors (Lipinski definition) is 1. The summed E-state index contributed by atoms with van der Waals surface area (Å²) in [7, 11) is 0. The van der Waals surface area contributed by atoms with Gasteiger partial charge in [-0.05, 0) is 42.8 Å². The number of ether oxygens (including phenoxy) is 2. The molecular formula is C17H15F4NO3. The molecule has 25 heavy (non-hydrogen) atoms. The first-order valence-corrected chi connectivity index (χ1v) is 7.36. The summed E-state index contributed by atoms with van der Waals surface area (Å²) in [6, 6.07) is 10.3. The highest BCUT2D eigenvalue weighted by Crippen LogP contribution is 2.24. The van der Waals surface area contributed by atoms with Crippen LogP contribution in [0.25, 0.3) is 0 Å². The molecule has 1 amide bonds. The molecule has 0 aliphatic carbocycles. The van der Waals surface area contributed by atoms with Gasteiger partial charge in [0, 0.05) is 5.69 Å². The molecule has 0 radical (unpaired) electrons. The Balaban J connectivity index is 2.00. The van der Waals surface area contributed by atoms with E-state index in [9.17, 15) is 22.4 Å². The van der Waals surface area contributed by atoms with Gasteiger partial charge >= 0.3 is 6.36 Å². The molecule has 0 fully saturated rings. The van der Waals surface area contributed by atoms with E-state index in [4.69, 9.17) is 4.74 Å². The van der Waals surface area contributed by atoms with Gasteiger partial charge in [-0.1, -0.05) is 19.1 Å². The minimum atomic E-state index is -4.79. The highest BCUT2D eigenvalue weighted by molar-refractivity contribution is 5.94. The maximum Gasteiger partial charge on any atom is 0.573 e. The molecule has 0 saturated carbocycles. The van der Waals surface area contributed by atoms with Gasteiger partial charge in [-0.25, -0.2) is 4.39 Å². The smallest absolute Gasteiger partial charge is 0.478 e. The van der Waals surface area contributed by atoms with Crippen LogP contribution in [0, 0.1) is 5.82 Å².